The molecule has 2 atom stereocenters. The van der Waals surface area contributed by atoms with Crippen molar-refractivity contribution in [2.45, 2.75) is 55.3 Å². The van der Waals surface area contributed by atoms with Crippen molar-refractivity contribution >= 4 is 10.2 Å². The highest BCUT2D eigenvalue weighted by molar-refractivity contribution is 6.14. The normalized spacial score (nSPS) is 40.4. The number of ether oxygens (including phenoxy) is 2. The average molecular weight is 262 g/mol. The summed E-state index contributed by atoms with van der Waals surface area (Å²) in [4.78, 5) is 0. The number of aliphatic hydroxyl groups is 3. The molecule has 2 saturated heterocycles. The Balaban J connectivity index is 2.31. The van der Waals surface area contributed by atoms with Crippen LogP contribution in [0.15, 0.2) is 0 Å². The second kappa shape index (κ2) is 4.60. The lowest BCUT2D eigenvalue weighted by Gasteiger charge is -2.54. The molecule has 0 aromatic carbocycles. The minimum Gasteiger partial charge on any atom is -0.367 e. The van der Waals surface area contributed by atoms with Gasteiger partial charge in [0, 0.05) is 13.0 Å². The quantitative estimate of drug-likeness (QED) is 0.431. The van der Waals surface area contributed by atoms with Gasteiger partial charge in [0.2, 0.25) is 0 Å². The molecule has 2 unspecified atom stereocenters. The fourth-order valence-corrected chi connectivity index (χ4v) is 3.73. The molecular weight excluding hydrogens is 240 g/mol. The maximum atomic E-state index is 10.6. The van der Waals surface area contributed by atoms with Crippen LogP contribution in [-0.4, -0.2) is 55.6 Å². The zero-order valence-corrected chi connectivity index (χ0v) is 12.3. The lowest BCUT2D eigenvalue weighted by atomic mass is 9.80. The first-order valence-electron chi connectivity index (χ1n) is 6.36. The predicted octanol–water partition coefficient (Wildman–Crippen LogP) is -1.18. The van der Waals surface area contributed by atoms with Crippen LogP contribution in [0.3, 0.4) is 0 Å². The zero-order valence-electron chi connectivity index (χ0n) is 10.3. The molecule has 6 heteroatoms. The second-order valence-corrected chi connectivity index (χ2v) is 6.64. The zero-order chi connectivity index (χ0) is 12.6. The van der Waals surface area contributed by atoms with Crippen LogP contribution >= 0.6 is 0 Å². The molecule has 2 fully saturated rings. The standard InChI is InChI=1S/C11H22O5Si/c12-10(6-2-4-8-16-10)9(11(13,14)17)5-1-3-7-15-9/h12-14H,1-8H2,17H3. The Hall–Kier alpha value is 0.0169. The van der Waals surface area contributed by atoms with Crippen LogP contribution < -0.4 is 0 Å². The van der Waals surface area contributed by atoms with Gasteiger partial charge in [-0.05, 0) is 32.1 Å². The van der Waals surface area contributed by atoms with Crippen molar-refractivity contribution in [3.05, 3.63) is 0 Å². The lowest BCUT2D eigenvalue weighted by molar-refractivity contribution is -0.392. The molecule has 3 N–H and O–H groups in total. The van der Waals surface area contributed by atoms with Crippen LogP contribution in [0, 0.1) is 0 Å². The highest BCUT2D eigenvalue weighted by atomic mass is 28.1. The number of hydrogen-bond acceptors (Lipinski definition) is 5. The Morgan fingerprint density at radius 3 is 1.94 bits per heavy atom. The topological polar surface area (TPSA) is 79.2 Å². The van der Waals surface area contributed by atoms with Crippen LogP contribution in [0.1, 0.15) is 38.5 Å². The van der Waals surface area contributed by atoms with Gasteiger partial charge < -0.3 is 24.8 Å². The van der Waals surface area contributed by atoms with Gasteiger partial charge in [0.05, 0.1) is 16.8 Å². The smallest absolute Gasteiger partial charge is 0.200 e. The first kappa shape index (κ1) is 13.4. The first-order valence-corrected chi connectivity index (χ1v) is 7.36. The van der Waals surface area contributed by atoms with Crippen LogP contribution in [-0.2, 0) is 9.47 Å². The van der Waals surface area contributed by atoms with Crippen molar-refractivity contribution in [1.82, 2.24) is 0 Å². The molecule has 100 valence electrons. The number of rotatable bonds is 2. The summed E-state index contributed by atoms with van der Waals surface area (Å²) in [6.45, 7) is 0.885. The van der Waals surface area contributed by atoms with Gasteiger partial charge in [0.15, 0.2) is 16.8 Å². The van der Waals surface area contributed by atoms with E-state index < -0.39 is 16.8 Å². The van der Waals surface area contributed by atoms with Gasteiger partial charge in [-0.1, -0.05) is 0 Å². The Bertz CT molecular complexity index is 264. The molecule has 0 aromatic rings. The molecule has 0 aromatic heterocycles. The molecule has 5 nitrogen and oxygen atoms in total. The highest BCUT2D eigenvalue weighted by Gasteiger charge is 2.63. The van der Waals surface area contributed by atoms with E-state index in [-0.39, 0.29) is 10.2 Å². The van der Waals surface area contributed by atoms with Crippen LogP contribution in [0.5, 0.6) is 0 Å². The molecular formula is C11H22O5Si. The minimum atomic E-state index is -1.97. The van der Waals surface area contributed by atoms with E-state index in [9.17, 15) is 15.3 Å². The van der Waals surface area contributed by atoms with Crippen molar-refractivity contribution in [2.24, 2.45) is 0 Å². The third-order valence-corrected chi connectivity index (χ3v) is 4.73. The second-order valence-electron chi connectivity index (χ2n) is 5.24. The summed E-state index contributed by atoms with van der Waals surface area (Å²) in [5, 5.41) is 30.8. The Labute approximate surface area is 104 Å². The molecule has 0 bridgehead atoms. The molecule has 2 rings (SSSR count). The van der Waals surface area contributed by atoms with Crippen molar-refractivity contribution in [2.75, 3.05) is 13.2 Å². The van der Waals surface area contributed by atoms with E-state index >= 15 is 0 Å². The SMILES string of the molecule is OC(O)([SiH3])C1(C2(O)CCCCO2)CCCCO1. The Morgan fingerprint density at radius 2 is 1.53 bits per heavy atom. The molecule has 17 heavy (non-hydrogen) atoms. The third-order valence-electron chi connectivity index (χ3n) is 3.92. The van der Waals surface area contributed by atoms with Gasteiger partial charge in [0.25, 0.3) is 0 Å². The van der Waals surface area contributed by atoms with Crippen molar-refractivity contribution in [1.29, 1.82) is 0 Å². The van der Waals surface area contributed by atoms with E-state index in [1.807, 2.05) is 0 Å². The van der Waals surface area contributed by atoms with Crippen molar-refractivity contribution < 1.29 is 24.8 Å². The van der Waals surface area contributed by atoms with E-state index in [1.165, 1.54) is 0 Å². The summed E-state index contributed by atoms with van der Waals surface area (Å²) >= 11 is 0. The molecule has 0 spiro atoms. The largest absolute Gasteiger partial charge is 0.367 e. The third kappa shape index (κ3) is 2.18. The predicted molar refractivity (Wildman–Crippen MR) is 64.4 cm³/mol. The Kier molecular flexibility index (Phi) is 3.64. The fourth-order valence-electron chi connectivity index (χ4n) is 2.94. The van der Waals surface area contributed by atoms with Gasteiger partial charge in [-0.2, -0.15) is 0 Å². The summed E-state index contributed by atoms with van der Waals surface area (Å²) < 4.78 is 11.1. The van der Waals surface area contributed by atoms with Crippen LogP contribution in [0.2, 0.25) is 0 Å². The van der Waals surface area contributed by atoms with Crippen molar-refractivity contribution in [3.8, 4) is 0 Å². The summed E-state index contributed by atoms with van der Waals surface area (Å²) in [5.41, 5.74) is -3.34. The Morgan fingerprint density at radius 1 is 0.941 bits per heavy atom. The average Bonchev–Trinajstić information content (AvgIpc) is 2.29. The fraction of sp³-hybridized carbons (Fsp3) is 1.00. The molecule has 2 heterocycles. The maximum Gasteiger partial charge on any atom is 0.200 e. The van der Waals surface area contributed by atoms with E-state index in [1.54, 1.807) is 0 Å². The van der Waals surface area contributed by atoms with Crippen molar-refractivity contribution in [3.63, 3.8) is 0 Å². The molecule has 0 radical (unpaired) electrons. The number of hydrogen-bond donors (Lipinski definition) is 3. The molecule has 0 aliphatic carbocycles. The first-order chi connectivity index (χ1) is 7.91. The van der Waals surface area contributed by atoms with E-state index in [0.29, 0.717) is 26.1 Å². The summed E-state index contributed by atoms with van der Waals surface area (Å²) in [6.07, 6.45) is 4.24. The van der Waals surface area contributed by atoms with Gasteiger partial charge in [-0.3, -0.25) is 0 Å². The highest BCUT2D eigenvalue weighted by Crippen LogP contribution is 2.45. The van der Waals surface area contributed by atoms with Gasteiger partial charge >= 0.3 is 0 Å². The monoisotopic (exact) mass is 262 g/mol. The van der Waals surface area contributed by atoms with Crippen LogP contribution in [0.4, 0.5) is 0 Å². The van der Waals surface area contributed by atoms with Gasteiger partial charge in [-0.25, -0.2) is 0 Å². The molecule has 2 aliphatic heterocycles. The maximum absolute atomic E-state index is 10.6. The lowest BCUT2D eigenvalue weighted by Crippen LogP contribution is -2.72. The van der Waals surface area contributed by atoms with Crippen LogP contribution in [0.25, 0.3) is 0 Å². The van der Waals surface area contributed by atoms with Gasteiger partial charge in [0.1, 0.15) is 0 Å². The molecule has 2 aliphatic rings. The van der Waals surface area contributed by atoms with E-state index in [2.05, 4.69) is 0 Å². The summed E-state index contributed by atoms with van der Waals surface area (Å²) in [5.74, 6) is -1.56. The van der Waals surface area contributed by atoms with E-state index in [0.717, 1.165) is 25.7 Å². The summed E-state index contributed by atoms with van der Waals surface area (Å²) in [7, 11) is 0.106. The molecule has 0 amide bonds. The minimum absolute atomic E-state index is 0.106. The summed E-state index contributed by atoms with van der Waals surface area (Å²) in [6, 6.07) is 0. The molecule has 0 saturated carbocycles. The van der Waals surface area contributed by atoms with Gasteiger partial charge in [-0.15, -0.1) is 0 Å². The van der Waals surface area contributed by atoms with E-state index in [4.69, 9.17) is 9.47 Å².